The van der Waals surface area contributed by atoms with Gasteiger partial charge >= 0.3 is 23.9 Å². The summed E-state index contributed by atoms with van der Waals surface area (Å²) < 4.78 is 117. The fraction of sp³-hybridized carbons (Fsp3) is 1.00. The number of ether oxygens (including phenoxy) is 1. The highest BCUT2D eigenvalue weighted by Crippen LogP contribution is 2.56. The average molecular weight is 306 g/mol. The summed E-state index contributed by atoms with van der Waals surface area (Å²) in [6.07, 6.45) is -10.4. The number of hydrogen-bond acceptors (Lipinski definition) is 2. The Bertz CT molecular complexity index is 338. The minimum Gasteiger partial charge on any atom is -0.367 e. The molecule has 0 bridgehead atoms. The molecule has 0 aromatic carbocycles. The van der Waals surface area contributed by atoms with Gasteiger partial charge in [0.1, 0.15) is 0 Å². The molecule has 0 aromatic heterocycles. The molecule has 0 aromatic rings. The lowest BCUT2D eigenvalue weighted by atomic mass is 9.90. The summed E-state index contributed by atoms with van der Waals surface area (Å²) >= 11 is 0. The van der Waals surface area contributed by atoms with Crippen LogP contribution in [0.25, 0.3) is 0 Å². The third-order valence-electron chi connectivity index (χ3n) is 2.70. The zero-order valence-corrected chi connectivity index (χ0v) is 8.83. The highest BCUT2D eigenvalue weighted by atomic mass is 19.4. The third kappa shape index (κ3) is 2.26. The van der Waals surface area contributed by atoms with E-state index in [1.54, 1.807) is 0 Å². The Balaban J connectivity index is 3.17. The minimum absolute atomic E-state index is 0.658. The molecule has 1 N–H and O–H groups in total. The van der Waals surface area contributed by atoms with Crippen molar-refractivity contribution >= 4 is 0 Å². The van der Waals surface area contributed by atoms with Crippen LogP contribution >= 0.6 is 0 Å². The van der Waals surface area contributed by atoms with Crippen molar-refractivity contribution in [1.82, 2.24) is 0 Å². The Morgan fingerprint density at radius 3 is 1.63 bits per heavy atom. The Labute approximate surface area is 99.7 Å². The van der Waals surface area contributed by atoms with Crippen LogP contribution in [0.1, 0.15) is 6.42 Å². The van der Waals surface area contributed by atoms with Gasteiger partial charge in [-0.25, -0.2) is 0 Å². The van der Waals surface area contributed by atoms with Crippen molar-refractivity contribution in [1.29, 1.82) is 0 Å². The summed E-state index contributed by atoms with van der Waals surface area (Å²) in [6.45, 7) is -0.658. The number of halogens is 9. The largest absolute Gasteiger partial charge is 0.460 e. The maximum atomic E-state index is 13.2. The first-order chi connectivity index (χ1) is 8.27. The molecular weight excluding hydrogens is 299 g/mol. The number of aliphatic hydroxyl groups is 1. The van der Waals surface area contributed by atoms with Gasteiger partial charge in [-0.3, -0.25) is 0 Å². The maximum Gasteiger partial charge on any atom is 0.460 e. The first-order valence-corrected chi connectivity index (χ1v) is 4.76. The first-order valence-electron chi connectivity index (χ1n) is 4.76. The van der Waals surface area contributed by atoms with Crippen LogP contribution in [0.15, 0.2) is 0 Å². The molecule has 114 valence electrons. The molecule has 1 rings (SSSR count). The highest BCUT2D eigenvalue weighted by Gasteiger charge is 2.83. The van der Waals surface area contributed by atoms with Crippen molar-refractivity contribution in [3.05, 3.63) is 0 Å². The van der Waals surface area contributed by atoms with Crippen LogP contribution in [0, 0.1) is 5.92 Å². The number of hydrogen-bond donors (Lipinski definition) is 1. The lowest BCUT2D eigenvalue weighted by Gasteiger charge is -2.36. The van der Waals surface area contributed by atoms with Gasteiger partial charge in [-0.15, -0.1) is 0 Å². The van der Waals surface area contributed by atoms with Gasteiger partial charge in [0.2, 0.25) is 0 Å². The molecule has 1 aliphatic heterocycles. The lowest BCUT2D eigenvalue weighted by Crippen LogP contribution is -2.63. The second kappa shape index (κ2) is 4.40. The number of rotatable bonds is 3. The molecule has 2 nitrogen and oxygen atoms in total. The fourth-order valence-corrected chi connectivity index (χ4v) is 1.55. The molecular formula is C8H7F9O2. The van der Waals surface area contributed by atoms with E-state index in [9.17, 15) is 39.5 Å². The molecule has 1 heterocycles. The van der Waals surface area contributed by atoms with E-state index in [1.807, 2.05) is 0 Å². The summed E-state index contributed by atoms with van der Waals surface area (Å²) in [5, 5.41) is 8.79. The first kappa shape index (κ1) is 16.3. The van der Waals surface area contributed by atoms with E-state index in [-0.39, 0.29) is 0 Å². The average Bonchev–Trinajstić information content (AvgIpc) is 2.62. The Morgan fingerprint density at radius 1 is 0.842 bits per heavy atom. The van der Waals surface area contributed by atoms with Crippen LogP contribution in [0.4, 0.5) is 39.5 Å². The maximum absolute atomic E-state index is 13.2. The zero-order chi connectivity index (χ0) is 15.3. The molecule has 1 fully saturated rings. The number of aliphatic hydroxyl groups excluding tert-OH is 1. The predicted octanol–water partition coefficient (Wildman–Crippen LogP) is 2.81. The van der Waals surface area contributed by atoms with Crippen molar-refractivity contribution < 1.29 is 49.4 Å². The summed E-state index contributed by atoms with van der Waals surface area (Å²) in [5.74, 6) is -22.3. The second-order valence-corrected chi connectivity index (χ2v) is 3.93. The van der Waals surface area contributed by atoms with Crippen LogP contribution in [0.3, 0.4) is 0 Å². The number of alkyl halides is 9. The molecule has 0 radical (unpaired) electrons. The molecule has 1 saturated heterocycles. The van der Waals surface area contributed by atoms with Crippen LogP contribution in [-0.4, -0.2) is 41.9 Å². The van der Waals surface area contributed by atoms with E-state index in [0.29, 0.717) is 0 Å². The zero-order valence-electron chi connectivity index (χ0n) is 8.83. The molecule has 0 aliphatic carbocycles. The monoisotopic (exact) mass is 306 g/mol. The Kier molecular flexibility index (Phi) is 3.79. The van der Waals surface area contributed by atoms with Gasteiger partial charge in [0.25, 0.3) is 0 Å². The van der Waals surface area contributed by atoms with Crippen LogP contribution in [0.2, 0.25) is 0 Å². The molecule has 19 heavy (non-hydrogen) atoms. The van der Waals surface area contributed by atoms with Gasteiger partial charge in [-0.05, 0) is 6.42 Å². The normalized spacial score (nSPS) is 26.8. The molecule has 0 spiro atoms. The standard InChI is InChI=1S/C8H7F9O2/c9-5(10,3-1-2-19-4(3)18)6(11,12)7(13,14)8(15,16)17/h3-4,18H,1-2H2. The Morgan fingerprint density at radius 2 is 1.32 bits per heavy atom. The van der Waals surface area contributed by atoms with Crippen LogP contribution in [0.5, 0.6) is 0 Å². The SMILES string of the molecule is OC1OCCC1C(F)(F)C(F)(F)C(F)(F)C(F)(F)F. The van der Waals surface area contributed by atoms with Crippen LogP contribution < -0.4 is 0 Å². The molecule has 0 saturated carbocycles. The van der Waals surface area contributed by atoms with Gasteiger partial charge in [0.15, 0.2) is 6.29 Å². The molecule has 0 amide bonds. The molecule has 2 unspecified atom stereocenters. The quantitative estimate of drug-likeness (QED) is 0.813. The molecule has 2 atom stereocenters. The summed E-state index contributed by atoms with van der Waals surface area (Å²) in [4.78, 5) is 0. The van der Waals surface area contributed by atoms with E-state index < -0.39 is 49.2 Å². The van der Waals surface area contributed by atoms with Crippen molar-refractivity contribution in [3.63, 3.8) is 0 Å². The smallest absolute Gasteiger partial charge is 0.367 e. The minimum atomic E-state index is -6.94. The van der Waals surface area contributed by atoms with E-state index >= 15 is 0 Å². The topological polar surface area (TPSA) is 29.5 Å². The van der Waals surface area contributed by atoms with Gasteiger partial charge in [-0.2, -0.15) is 39.5 Å². The van der Waals surface area contributed by atoms with Crippen molar-refractivity contribution in [2.45, 2.75) is 36.7 Å². The van der Waals surface area contributed by atoms with Gasteiger partial charge < -0.3 is 9.84 Å². The van der Waals surface area contributed by atoms with E-state index in [1.165, 1.54) is 0 Å². The fourth-order valence-electron chi connectivity index (χ4n) is 1.55. The molecule has 1 aliphatic rings. The van der Waals surface area contributed by atoms with Crippen molar-refractivity contribution in [2.75, 3.05) is 6.61 Å². The van der Waals surface area contributed by atoms with Crippen molar-refractivity contribution in [3.8, 4) is 0 Å². The highest BCUT2D eigenvalue weighted by molar-refractivity contribution is 5.04. The second-order valence-electron chi connectivity index (χ2n) is 3.93. The van der Waals surface area contributed by atoms with Gasteiger partial charge in [0, 0.05) is 0 Å². The molecule has 11 heteroatoms. The van der Waals surface area contributed by atoms with Gasteiger partial charge in [0.05, 0.1) is 12.5 Å². The van der Waals surface area contributed by atoms with E-state index in [0.717, 1.165) is 0 Å². The third-order valence-corrected chi connectivity index (χ3v) is 2.70. The lowest BCUT2D eigenvalue weighted by molar-refractivity contribution is -0.406. The van der Waals surface area contributed by atoms with Gasteiger partial charge in [-0.1, -0.05) is 0 Å². The summed E-state index contributed by atoms with van der Waals surface area (Å²) in [7, 11) is 0. The van der Waals surface area contributed by atoms with E-state index in [2.05, 4.69) is 4.74 Å². The van der Waals surface area contributed by atoms with Crippen molar-refractivity contribution in [2.24, 2.45) is 5.92 Å². The predicted molar refractivity (Wildman–Crippen MR) is 41.0 cm³/mol. The van der Waals surface area contributed by atoms with E-state index in [4.69, 9.17) is 5.11 Å². The Hall–Kier alpha value is -0.710. The van der Waals surface area contributed by atoms with Crippen LogP contribution in [-0.2, 0) is 4.74 Å². The summed E-state index contributed by atoms with van der Waals surface area (Å²) in [5.41, 5.74) is 0. The summed E-state index contributed by atoms with van der Waals surface area (Å²) in [6, 6.07) is 0.